The van der Waals surface area contributed by atoms with Crippen molar-refractivity contribution in [3.05, 3.63) is 92.8 Å². The lowest BCUT2D eigenvalue weighted by atomic mass is 9.68. The highest BCUT2D eigenvalue weighted by molar-refractivity contribution is 9.10. The summed E-state index contributed by atoms with van der Waals surface area (Å²) in [7, 11) is 1.53. The molecular formula is C21H16BrClFNO2. The first-order valence-electron chi connectivity index (χ1n) is 8.17. The molecule has 0 bridgehead atoms. The van der Waals surface area contributed by atoms with Crippen molar-refractivity contribution >= 4 is 33.8 Å². The summed E-state index contributed by atoms with van der Waals surface area (Å²) in [5.41, 5.74) is 1.32. The van der Waals surface area contributed by atoms with E-state index in [1.807, 2.05) is 30.3 Å². The van der Waals surface area contributed by atoms with Crippen LogP contribution in [-0.2, 0) is 10.2 Å². The topological polar surface area (TPSA) is 39.2 Å². The second-order valence-electron chi connectivity index (χ2n) is 6.00. The lowest BCUT2D eigenvalue weighted by Gasteiger charge is -2.35. The molecule has 2 aromatic carbocycles. The van der Waals surface area contributed by atoms with Gasteiger partial charge in [0.2, 0.25) is 5.88 Å². The Balaban J connectivity index is 2.34. The van der Waals surface area contributed by atoms with Crippen molar-refractivity contribution in [2.24, 2.45) is 0 Å². The predicted octanol–water partition coefficient (Wildman–Crippen LogP) is 5.57. The monoisotopic (exact) mass is 447 g/mol. The lowest BCUT2D eigenvalue weighted by Crippen LogP contribution is -2.30. The molecule has 0 N–H and O–H groups in total. The number of hydrogen-bond acceptors (Lipinski definition) is 3. The SMILES string of the molecule is COc1ccc(C(CC=O)(c2ccc(Br)cc2)c2ccc(F)cc2Cl)cn1. The van der Waals surface area contributed by atoms with Crippen LogP contribution in [-0.4, -0.2) is 18.4 Å². The number of carbonyl (C=O) groups excluding carboxylic acids is 1. The van der Waals surface area contributed by atoms with Crippen LogP contribution in [0, 0.1) is 5.82 Å². The first-order chi connectivity index (χ1) is 13.0. The quantitative estimate of drug-likeness (QED) is 0.463. The van der Waals surface area contributed by atoms with Gasteiger partial charge in [-0.2, -0.15) is 0 Å². The molecule has 0 saturated heterocycles. The number of ether oxygens (including phenoxy) is 1. The van der Waals surface area contributed by atoms with Crippen LogP contribution in [0.25, 0.3) is 0 Å². The maximum absolute atomic E-state index is 13.7. The van der Waals surface area contributed by atoms with Crippen LogP contribution < -0.4 is 4.74 Å². The molecule has 1 atom stereocenters. The zero-order valence-corrected chi connectivity index (χ0v) is 16.8. The van der Waals surface area contributed by atoms with E-state index in [-0.39, 0.29) is 11.4 Å². The second-order valence-corrected chi connectivity index (χ2v) is 7.32. The van der Waals surface area contributed by atoms with E-state index in [9.17, 15) is 9.18 Å². The molecular weight excluding hydrogens is 433 g/mol. The standard InChI is InChI=1S/C21H16BrClFNO2/c1-27-20-9-4-15(13-25-20)21(10-11-26,14-2-5-16(22)6-3-14)18-8-7-17(24)12-19(18)23/h2-9,11-13H,10H2,1H3. The van der Waals surface area contributed by atoms with E-state index >= 15 is 0 Å². The van der Waals surface area contributed by atoms with Gasteiger partial charge in [0.05, 0.1) is 12.5 Å². The summed E-state index contributed by atoms with van der Waals surface area (Å²) >= 11 is 9.86. The molecule has 1 unspecified atom stereocenters. The molecule has 0 amide bonds. The highest BCUT2D eigenvalue weighted by Gasteiger charge is 2.38. The molecule has 0 fully saturated rings. The molecule has 1 heterocycles. The third kappa shape index (κ3) is 3.75. The largest absolute Gasteiger partial charge is 0.481 e. The Kier molecular flexibility index (Phi) is 5.92. The Bertz CT molecular complexity index is 947. The summed E-state index contributed by atoms with van der Waals surface area (Å²) in [6.07, 6.45) is 2.62. The van der Waals surface area contributed by atoms with Crippen molar-refractivity contribution in [3.63, 3.8) is 0 Å². The molecule has 3 aromatic rings. The van der Waals surface area contributed by atoms with Crippen LogP contribution in [0.5, 0.6) is 5.88 Å². The Morgan fingerprint density at radius 2 is 1.85 bits per heavy atom. The van der Waals surface area contributed by atoms with Crippen molar-refractivity contribution < 1.29 is 13.9 Å². The van der Waals surface area contributed by atoms with Gasteiger partial charge in [-0.3, -0.25) is 0 Å². The van der Waals surface area contributed by atoms with Gasteiger partial charge in [-0.05, 0) is 41.0 Å². The van der Waals surface area contributed by atoms with E-state index in [0.717, 1.165) is 21.9 Å². The van der Waals surface area contributed by atoms with Crippen molar-refractivity contribution in [2.45, 2.75) is 11.8 Å². The van der Waals surface area contributed by atoms with Gasteiger partial charge in [0.15, 0.2) is 0 Å². The van der Waals surface area contributed by atoms with Crippen LogP contribution in [0.1, 0.15) is 23.1 Å². The number of rotatable bonds is 6. The zero-order chi connectivity index (χ0) is 19.4. The average Bonchev–Trinajstić information content (AvgIpc) is 2.67. The zero-order valence-electron chi connectivity index (χ0n) is 14.5. The minimum atomic E-state index is -0.910. The van der Waals surface area contributed by atoms with E-state index in [0.29, 0.717) is 11.4 Å². The molecule has 3 nitrogen and oxygen atoms in total. The fourth-order valence-corrected chi connectivity index (χ4v) is 3.86. The van der Waals surface area contributed by atoms with E-state index in [2.05, 4.69) is 20.9 Å². The number of aldehydes is 1. The summed E-state index contributed by atoms with van der Waals surface area (Å²) in [5.74, 6) is 0.0205. The number of nitrogens with zero attached hydrogens (tertiary/aromatic N) is 1. The molecule has 0 spiro atoms. The van der Waals surface area contributed by atoms with E-state index < -0.39 is 11.2 Å². The molecule has 0 aliphatic rings. The predicted molar refractivity (Wildman–Crippen MR) is 107 cm³/mol. The fourth-order valence-electron chi connectivity index (χ4n) is 3.27. The van der Waals surface area contributed by atoms with Crippen LogP contribution in [0.2, 0.25) is 5.02 Å². The van der Waals surface area contributed by atoms with Gasteiger partial charge in [-0.25, -0.2) is 9.37 Å². The number of methoxy groups -OCH3 is 1. The van der Waals surface area contributed by atoms with Gasteiger partial charge >= 0.3 is 0 Å². The lowest BCUT2D eigenvalue weighted by molar-refractivity contribution is -0.108. The average molecular weight is 449 g/mol. The van der Waals surface area contributed by atoms with Crippen molar-refractivity contribution in [2.75, 3.05) is 7.11 Å². The molecule has 0 radical (unpaired) electrons. The molecule has 1 aromatic heterocycles. The van der Waals surface area contributed by atoms with Crippen molar-refractivity contribution in [1.29, 1.82) is 0 Å². The number of carbonyl (C=O) groups is 1. The maximum Gasteiger partial charge on any atom is 0.212 e. The molecule has 138 valence electrons. The number of aromatic nitrogens is 1. The summed E-state index contributed by atoms with van der Waals surface area (Å²) in [6.45, 7) is 0. The van der Waals surface area contributed by atoms with Gasteiger partial charge in [0.25, 0.3) is 0 Å². The van der Waals surface area contributed by atoms with Crippen molar-refractivity contribution in [1.82, 2.24) is 4.98 Å². The number of pyridine rings is 1. The third-order valence-electron chi connectivity index (χ3n) is 4.56. The molecule has 0 saturated carbocycles. The summed E-state index contributed by atoms with van der Waals surface area (Å²) in [6, 6.07) is 15.4. The van der Waals surface area contributed by atoms with Gasteiger partial charge in [-0.1, -0.05) is 51.8 Å². The summed E-state index contributed by atoms with van der Waals surface area (Å²) < 4.78 is 19.7. The third-order valence-corrected chi connectivity index (χ3v) is 5.40. The normalized spacial score (nSPS) is 13.0. The smallest absolute Gasteiger partial charge is 0.212 e. The van der Waals surface area contributed by atoms with Crippen LogP contribution in [0.4, 0.5) is 4.39 Å². The Hall–Kier alpha value is -2.24. The first-order valence-corrected chi connectivity index (χ1v) is 9.34. The van der Waals surface area contributed by atoms with E-state index in [4.69, 9.17) is 16.3 Å². The molecule has 27 heavy (non-hydrogen) atoms. The number of benzene rings is 2. The highest BCUT2D eigenvalue weighted by atomic mass is 79.9. The minimum absolute atomic E-state index is 0.119. The fraction of sp³-hybridized carbons (Fsp3) is 0.143. The van der Waals surface area contributed by atoms with Crippen LogP contribution in [0.3, 0.4) is 0 Å². The number of halogens is 3. The van der Waals surface area contributed by atoms with Crippen molar-refractivity contribution in [3.8, 4) is 5.88 Å². The van der Waals surface area contributed by atoms with E-state index in [1.165, 1.54) is 19.2 Å². The van der Waals surface area contributed by atoms with Crippen LogP contribution >= 0.6 is 27.5 Å². The van der Waals surface area contributed by atoms with E-state index in [1.54, 1.807) is 18.3 Å². The van der Waals surface area contributed by atoms with Crippen LogP contribution in [0.15, 0.2) is 65.3 Å². The summed E-state index contributed by atoms with van der Waals surface area (Å²) in [5, 5.41) is 0.246. The summed E-state index contributed by atoms with van der Waals surface area (Å²) in [4.78, 5) is 16.0. The Labute approximate surface area is 170 Å². The Morgan fingerprint density at radius 3 is 2.41 bits per heavy atom. The Morgan fingerprint density at radius 1 is 1.15 bits per heavy atom. The minimum Gasteiger partial charge on any atom is -0.481 e. The van der Waals surface area contributed by atoms with Gasteiger partial charge in [0, 0.05) is 28.2 Å². The van der Waals surface area contributed by atoms with Gasteiger partial charge in [-0.15, -0.1) is 0 Å². The first kappa shape index (κ1) is 19.5. The van der Waals surface area contributed by atoms with Gasteiger partial charge in [0.1, 0.15) is 12.1 Å². The van der Waals surface area contributed by atoms with Gasteiger partial charge < -0.3 is 9.53 Å². The maximum atomic E-state index is 13.7. The molecule has 0 aliphatic carbocycles. The number of hydrogen-bond donors (Lipinski definition) is 0. The highest BCUT2D eigenvalue weighted by Crippen LogP contribution is 2.45. The molecule has 6 heteroatoms. The molecule has 0 aliphatic heterocycles. The second kappa shape index (κ2) is 8.19. The molecule has 3 rings (SSSR count).